The quantitative estimate of drug-likeness (QED) is 0.0333. The van der Waals surface area contributed by atoms with Crippen LogP contribution in [-0.2, 0) is 33.3 Å². The van der Waals surface area contributed by atoms with Crippen LogP contribution in [0, 0.1) is 0 Å². The molecule has 0 saturated carbocycles. The number of carbonyl (C=O) groups excluding carboxylic acids is 5. The predicted molar refractivity (Wildman–Crippen MR) is 242 cm³/mol. The number of likely N-dealkylation sites (N-methyl/N-ethyl adjacent to an activating group) is 1. The van der Waals surface area contributed by atoms with E-state index in [-0.39, 0.29) is 48.7 Å². The number of phenols is 1. The van der Waals surface area contributed by atoms with E-state index in [1.54, 1.807) is 42.3 Å². The zero-order valence-corrected chi connectivity index (χ0v) is 37.1. The van der Waals surface area contributed by atoms with E-state index in [0.717, 1.165) is 33.6 Å². The number of phenolic OH excluding ortho intramolecular Hbond substituents is 1. The minimum atomic E-state index is -1.01. The van der Waals surface area contributed by atoms with E-state index in [1.807, 2.05) is 54.6 Å². The Morgan fingerprint density at radius 2 is 1.36 bits per heavy atom. The van der Waals surface area contributed by atoms with Crippen LogP contribution in [0.25, 0.3) is 11.1 Å². The molecule has 0 aromatic heterocycles. The molecule has 1 atom stereocenters. The minimum Gasteiger partial charge on any atom is -0.508 e. The van der Waals surface area contributed by atoms with Crippen LogP contribution in [0.2, 0.25) is 0 Å². The van der Waals surface area contributed by atoms with Gasteiger partial charge in [-0.05, 0) is 77.1 Å². The number of benzene rings is 4. The topological polar surface area (TPSA) is 170 Å². The van der Waals surface area contributed by atoms with Crippen molar-refractivity contribution in [3.63, 3.8) is 0 Å². The van der Waals surface area contributed by atoms with E-state index in [0.29, 0.717) is 75.8 Å². The first-order chi connectivity index (χ1) is 31.2. The van der Waals surface area contributed by atoms with Gasteiger partial charge in [0.25, 0.3) is 11.8 Å². The normalized spacial score (nSPS) is 15.2. The van der Waals surface area contributed by atoms with Gasteiger partial charge in [-0.3, -0.25) is 34.2 Å². The Balaban J connectivity index is 0.783. The molecule has 4 aromatic rings. The molecule has 15 heteroatoms. The number of carbonyl (C=O) groups is 5. The maximum atomic E-state index is 13.2. The van der Waals surface area contributed by atoms with Crippen molar-refractivity contribution in [1.29, 1.82) is 0 Å². The first-order valence-corrected chi connectivity index (χ1v) is 22.5. The molecule has 2 N–H and O–H groups in total. The third-order valence-electron chi connectivity index (χ3n) is 10.7. The van der Waals surface area contributed by atoms with Gasteiger partial charge in [0.1, 0.15) is 24.1 Å². The molecule has 14 nitrogen and oxygen atoms in total. The Morgan fingerprint density at radius 3 is 2.00 bits per heavy atom. The second kappa shape index (κ2) is 24.3. The Morgan fingerprint density at radius 1 is 0.734 bits per heavy atom. The molecular formula is C49H55N3O11S. The molecule has 0 aliphatic carbocycles. The van der Waals surface area contributed by atoms with Gasteiger partial charge in [-0.25, -0.2) is 0 Å². The maximum Gasteiger partial charge on any atom is 0.263 e. The zero-order valence-electron chi connectivity index (χ0n) is 36.3. The fraction of sp³-hybridized carbons (Fsp3) is 0.367. The summed E-state index contributed by atoms with van der Waals surface area (Å²) < 4.78 is 28.4. The molecule has 2 heterocycles. The third kappa shape index (κ3) is 12.9. The maximum absolute atomic E-state index is 13.2. The summed E-state index contributed by atoms with van der Waals surface area (Å²) in [6.45, 7) is 5.82. The lowest BCUT2D eigenvalue weighted by atomic mass is 9.88. The fourth-order valence-electron chi connectivity index (χ4n) is 7.38. The highest BCUT2D eigenvalue weighted by Gasteiger charge is 2.45. The summed E-state index contributed by atoms with van der Waals surface area (Å²) in [4.78, 5) is 66.1. The van der Waals surface area contributed by atoms with Gasteiger partial charge in [-0.2, -0.15) is 0 Å². The van der Waals surface area contributed by atoms with Crippen LogP contribution >= 0.6 is 11.8 Å². The number of nitrogens with one attached hydrogen (secondary N) is 1. The molecule has 4 aromatic carbocycles. The molecule has 1 unspecified atom stereocenters. The molecule has 1 saturated heterocycles. The second-order valence-corrected chi connectivity index (χ2v) is 16.1. The first-order valence-electron chi connectivity index (χ1n) is 21.5. The molecule has 338 valence electrons. The zero-order chi connectivity index (χ0) is 45.3. The smallest absolute Gasteiger partial charge is 0.263 e. The van der Waals surface area contributed by atoms with Crippen molar-refractivity contribution in [3.8, 4) is 11.5 Å². The highest BCUT2D eigenvalue weighted by atomic mass is 32.2. The van der Waals surface area contributed by atoms with Crippen LogP contribution in [0.15, 0.2) is 102 Å². The van der Waals surface area contributed by atoms with Crippen LogP contribution in [-0.4, -0.2) is 129 Å². The number of hydrogen-bond donors (Lipinski definition) is 2. The van der Waals surface area contributed by atoms with Crippen molar-refractivity contribution >= 4 is 52.4 Å². The lowest BCUT2D eigenvalue weighted by Gasteiger charge is -2.27. The molecule has 0 radical (unpaired) electrons. The Hall–Kier alpha value is -5.84. The van der Waals surface area contributed by atoms with Gasteiger partial charge in [-0.15, -0.1) is 11.8 Å². The number of fused-ring (bicyclic) bond motifs is 1. The van der Waals surface area contributed by atoms with E-state index in [4.69, 9.17) is 23.7 Å². The average Bonchev–Trinajstić information content (AvgIpc) is 3.56. The first kappa shape index (κ1) is 47.6. The highest BCUT2D eigenvalue weighted by molar-refractivity contribution is 7.99. The number of hydrogen-bond acceptors (Lipinski definition) is 12. The molecule has 6 rings (SSSR count). The lowest BCUT2D eigenvalue weighted by molar-refractivity contribution is -0.136. The van der Waals surface area contributed by atoms with Gasteiger partial charge in [0.05, 0.1) is 76.9 Å². The average molecular weight is 894 g/mol. The third-order valence-corrected chi connectivity index (χ3v) is 11.7. The number of ether oxygens (including phenoxy) is 5. The van der Waals surface area contributed by atoms with Gasteiger partial charge < -0.3 is 33.7 Å². The monoisotopic (exact) mass is 893 g/mol. The summed E-state index contributed by atoms with van der Waals surface area (Å²) in [5.41, 5.74) is 6.01. The van der Waals surface area contributed by atoms with Crippen LogP contribution in [0.4, 0.5) is 0 Å². The molecular weight excluding hydrogens is 839 g/mol. The van der Waals surface area contributed by atoms with E-state index in [9.17, 15) is 29.1 Å². The summed E-state index contributed by atoms with van der Waals surface area (Å²) in [5, 5.41) is 12.1. The summed E-state index contributed by atoms with van der Waals surface area (Å²) in [6, 6.07) is 29.6. The van der Waals surface area contributed by atoms with Crippen LogP contribution in [0.5, 0.6) is 11.5 Å². The van der Waals surface area contributed by atoms with Crippen molar-refractivity contribution in [2.24, 2.45) is 0 Å². The number of allylic oxidation sites excluding steroid dienone is 1. The molecule has 1 fully saturated rings. The van der Waals surface area contributed by atoms with Crippen LogP contribution in [0.1, 0.15) is 70.0 Å². The van der Waals surface area contributed by atoms with Crippen LogP contribution < -0.4 is 10.1 Å². The minimum absolute atomic E-state index is 0.0423. The van der Waals surface area contributed by atoms with Crippen molar-refractivity contribution in [1.82, 2.24) is 15.1 Å². The van der Waals surface area contributed by atoms with E-state index in [2.05, 4.69) is 24.4 Å². The van der Waals surface area contributed by atoms with Gasteiger partial charge in [0.15, 0.2) is 0 Å². The standard InChI is InChI=1S/C49H55N3O11S/c1-3-39(34-8-5-4-6-9-34)45(35-12-16-37(53)17-13-35)36-14-18-38(19-15-36)63-25-23-51(2)44(55)22-24-59-26-27-60-28-29-61-30-31-62-32-33-64-42-11-7-10-40-46(42)49(58)52(48(40)57)41-20-21-43(54)50-47(41)56/h4-19,41,53H,3,20-33H2,1-2H3,(H,50,54,56)/b45-39-. The summed E-state index contributed by atoms with van der Waals surface area (Å²) in [5.74, 6) is -0.697. The molecule has 2 aliphatic rings. The van der Waals surface area contributed by atoms with E-state index >= 15 is 0 Å². The fourth-order valence-corrected chi connectivity index (χ4v) is 8.32. The van der Waals surface area contributed by atoms with Gasteiger partial charge in [-0.1, -0.05) is 67.6 Å². The highest BCUT2D eigenvalue weighted by Crippen LogP contribution is 2.36. The lowest BCUT2D eigenvalue weighted by Crippen LogP contribution is -2.54. The number of aromatic hydroxyl groups is 1. The molecule has 0 spiro atoms. The molecule has 64 heavy (non-hydrogen) atoms. The van der Waals surface area contributed by atoms with Crippen LogP contribution in [0.3, 0.4) is 0 Å². The summed E-state index contributed by atoms with van der Waals surface area (Å²) in [7, 11) is 1.75. The van der Waals surface area contributed by atoms with E-state index < -0.39 is 29.7 Å². The Bertz CT molecular complexity index is 2250. The van der Waals surface area contributed by atoms with Crippen molar-refractivity contribution in [2.45, 2.75) is 43.5 Å². The number of rotatable bonds is 25. The molecule has 0 bridgehead atoms. The van der Waals surface area contributed by atoms with Crippen molar-refractivity contribution < 1.29 is 52.8 Å². The largest absolute Gasteiger partial charge is 0.508 e. The number of piperidine rings is 1. The van der Waals surface area contributed by atoms with Gasteiger partial charge >= 0.3 is 0 Å². The van der Waals surface area contributed by atoms with Gasteiger partial charge in [0, 0.05) is 24.1 Å². The molecule has 5 amide bonds. The number of imide groups is 2. The van der Waals surface area contributed by atoms with Crippen molar-refractivity contribution in [2.75, 3.05) is 78.8 Å². The van der Waals surface area contributed by atoms with Gasteiger partial charge in [0.2, 0.25) is 17.7 Å². The summed E-state index contributed by atoms with van der Waals surface area (Å²) >= 11 is 1.39. The second-order valence-electron chi connectivity index (χ2n) is 15.0. The van der Waals surface area contributed by atoms with Crippen molar-refractivity contribution in [3.05, 3.63) is 125 Å². The SMILES string of the molecule is CC/C(=C(\c1ccc(O)cc1)c1ccc(OCCN(C)C(=O)CCOCCOCCOCCOCCSc2cccc3c2C(=O)N(C2CCC(=O)NC2=O)C3=O)cc1)c1ccccc1. The number of amides is 5. The molecule has 2 aliphatic heterocycles. The Labute approximate surface area is 377 Å². The number of nitrogens with zero attached hydrogens (tertiary/aromatic N) is 2. The number of thioether (sulfide) groups is 1. The predicted octanol–water partition coefficient (Wildman–Crippen LogP) is 6.25. The van der Waals surface area contributed by atoms with E-state index in [1.165, 1.54) is 17.3 Å². The Kier molecular flexibility index (Phi) is 18.1. The summed E-state index contributed by atoms with van der Waals surface area (Å²) in [6.07, 6.45) is 1.24.